The fraction of sp³-hybridized carbons (Fsp3) is 0.722. The molecule has 0 saturated heterocycles. The number of nitrogens with one attached hydrogen (secondary N) is 2. The molecule has 4 heteroatoms. The zero-order valence-electron chi connectivity index (χ0n) is 14.5. The Labute approximate surface area is 138 Å². The van der Waals surface area contributed by atoms with Crippen molar-refractivity contribution in [2.45, 2.75) is 78.4 Å². The van der Waals surface area contributed by atoms with Gasteiger partial charge >= 0.3 is 0 Å². The number of thiophene rings is 1. The van der Waals surface area contributed by atoms with E-state index in [4.69, 9.17) is 0 Å². The number of hydrogen-bond acceptors (Lipinski definition) is 3. The number of aryl methyl sites for hydroxylation is 2. The van der Waals surface area contributed by atoms with Crippen LogP contribution in [0.4, 0.5) is 0 Å². The summed E-state index contributed by atoms with van der Waals surface area (Å²) in [5.41, 5.74) is 1.31. The van der Waals surface area contributed by atoms with Crippen LogP contribution in [0.15, 0.2) is 6.07 Å². The van der Waals surface area contributed by atoms with Gasteiger partial charge in [0.05, 0.1) is 6.04 Å². The molecule has 0 aromatic carbocycles. The van der Waals surface area contributed by atoms with E-state index in [-0.39, 0.29) is 18.0 Å². The highest BCUT2D eigenvalue weighted by molar-refractivity contribution is 7.12. The molecule has 1 aromatic rings. The average molecular weight is 323 g/mol. The van der Waals surface area contributed by atoms with Crippen molar-refractivity contribution in [2.24, 2.45) is 5.92 Å². The second kappa shape index (κ2) is 7.60. The molecule has 4 unspecified atom stereocenters. The quantitative estimate of drug-likeness (QED) is 0.857. The summed E-state index contributed by atoms with van der Waals surface area (Å²) in [6, 6.07) is 2.62. The largest absolute Gasteiger partial charge is 0.352 e. The molecule has 1 aromatic heterocycles. The minimum absolute atomic E-state index is 0.134. The summed E-state index contributed by atoms with van der Waals surface area (Å²) in [6.45, 7) is 10.6. The zero-order valence-corrected chi connectivity index (χ0v) is 15.3. The van der Waals surface area contributed by atoms with Crippen molar-refractivity contribution in [1.82, 2.24) is 10.6 Å². The molecule has 1 fully saturated rings. The minimum Gasteiger partial charge on any atom is -0.352 e. The Bertz CT molecular complexity index is 511. The van der Waals surface area contributed by atoms with Crippen LogP contribution in [0.1, 0.15) is 67.8 Å². The highest BCUT2D eigenvalue weighted by atomic mass is 32.1. The molecule has 22 heavy (non-hydrogen) atoms. The lowest BCUT2D eigenvalue weighted by Crippen LogP contribution is -2.49. The van der Waals surface area contributed by atoms with E-state index >= 15 is 0 Å². The van der Waals surface area contributed by atoms with Crippen molar-refractivity contribution in [3.8, 4) is 0 Å². The van der Waals surface area contributed by atoms with Crippen LogP contribution < -0.4 is 10.6 Å². The summed E-state index contributed by atoms with van der Waals surface area (Å²) in [4.78, 5) is 15.1. The summed E-state index contributed by atoms with van der Waals surface area (Å²) in [7, 11) is 0. The maximum atomic E-state index is 12.4. The van der Waals surface area contributed by atoms with Crippen molar-refractivity contribution in [3.63, 3.8) is 0 Å². The van der Waals surface area contributed by atoms with Gasteiger partial charge in [0, 0.05) is 21.8 Å². The van der Waals surface area contributed by atoms with E-state index in [1.54, 1.807) is 0 Å². The first-order valence-corrected chi connectivity index (χ1v) is 9.33. The zero-order chi connectivity index (χ0) is 16.3. The SMILES string of the molecule is Cc1cc(C(C)NC(C)C(=O)NC2CCCCC2C)c(C)s1. The first-order chi connectivity index (χ1) is 10.4. The van der Waals surface area contributed by atoms with Crippen molar-refractivity contribution in [2.75, 3.05) is 0 Å². The topological polar surface area (TPSA) is 41.1 Å². The Morgan fingerprint density at radius 1 is 1.27 bits per heavy atom. The molecule has 124 valence electrons. The molecule has 0 aliphatic heterocycles. The number of carbonyl (C=O) groups excluding carboxylic acids is 1. The monoisotopic (exact) mass is 322 g/mol. The Balaban J connectivity index is 1.89. The lowest BCUT2D eigenvalue weighted by Gasteiger charge is -2.31. The lowest BCUT2D eigenvalue weighted by atomic mass is 9.86. The first-order valence-electron chi connectivity index (χ1n) is 8.51. The second-order valence-electron chi connectivity index (χ2n) is 6.86. The normalized spacial score (nSPS) is 24.8. The van der Waals surface area contributed by atoms with Crippen LogP contribution in [0, 0.1) is 19.8 Å². The van der Waals surface area contributed by atoms with Crippen LogP contribution in [0.3, 0.4) is 0 Å². The van der Waals surface area contributed by atoms with Gasteiger partial charge in [-0.05, 0) is 58.1 Å². The van der Waals surface area contributed by atoms with Crippen molar-refractivity contribution < 1.29 is 4.79 Å². The maximum Gasteiger partial charge on any atom is 0.237 e. The van der Waals surface area contributed by atoms with Gasteiger partial charge in [-0.1, -0.05) is 19.8 Å². The summed E-state index contributed by atoms with van der Waals surface area (Å²) in [6.07, 6.45) is 4.89. The van der Waals surface area contributed by atoms with Crippen molar-refractivity contribution >= 4 is 17.2 Å². The Hall–Kier alpha value is -0.870. The molecule has 1 amide bonds. The Morgan fingerprint density at radius 2 is 1.95 bits per heavy atom. The van der Waals surface area contributed by atoms with Crippen LogP contribution in [0.5, 0.6) is 0 Å². The summed E-state index contributed by atoms with van der Waals surface area (Å²) in [5, 5.41) is 6.70. The molecular formula is C18H30N2OS. The second-order valence-corrected chi connectivity index (χ2v) is 8.32. The smallest absolute Gasteiger partial charge is 0.237 e. The number of hydrogen-bond donors (Lipinski definition) is 2. The Kier molecular flexibility index (Phi) is 6.04. The van der Waals surface area contributed by atoms with Gasteiger partial charge in [0.1, 0.15) is 0 Å². The number of carbonyl (C=O) groups is 1. The maximum absolute atomic E-state index is 12.4. The van der Waals surface area contributed by atoms with E-state index in [2.05, 4.69) is 44.4 Å². The van der Waals surface area contributed by atoms with Crippen LogP contribution in [-0.2, 0) is 4.79 Å². The predicted molar refractivity (Wildman–Crippen MR) is 94.4 cm³/mol. The summed E-state index contributed by atoms with van der Waals surface area (Å²) >= 11 is 1.82. The number of rotatable bonds is 5. The van der Waals surface area contributed by atoms with Crippen molar-refractivity contribution in [1.29, 1.82) is 0 Å². The molecule has 1 heterocycles. The third-order valence-corrected chi connectivity index (χ3v) is 5.86. The van der Waals surface area contributed by atoms with Gasteiger partial charge in [-0.15, -0.1) is 11.3 Å². The van der Waals surface area contributed by atoms with E-state index in [0.29, 0.717) is 12.0 Å². The molecule has 0 radical (unpaired) electrons. The first kappa shape index (κ1) is 17.5. The fourth-order valence-corrected chi connectivity index (χ4v) is 4.48. The van der Waals surface area contributed by atoms with Gasteiger partial charge in [-0.2, -0.15) is 0 Å². The van der Waals surface area contributed by atoms with Gasteiger partial charge in [0.15, 0.2) is 0 Å². The molecule has 0 spiro atoms. The minimum atomic E-state index is -0.163. The third kappa shape index (κ3) is 4.32. The van der Waals surface area contributed by atoms with E-state index in [1.165, 1.54) is 34.6 Å². The molecular weight excluding hydrogens is 292 g/mol. The molecule has 1 aliphatic carbocycles. The highest BCUT2D eigenvalue weighted by Crippen LogP contribution is 2.27. The van der Waals surface area contributed by atoms with Crippen LogP contribution in [-0.4, -0.2) is 18.0 Å². The fourth-order valence-electron chi connectivity index (χ4n) is 3.46. The van der Waals surface area contributed by atoms with Gasteiger partial charge < -0.3 is 5.32 Å². The van der Waals surface area contributed by atoms with Gasteiger partial charge in [-0.25, -0.2) is 0 Å². The standard InChI is InChI=1S/C18H30N2OS/c1-11-8-6-7-9-17(11)20-18(21)14(4)19-13(3)16-10-12(2)22-15(16)5/h10-11,13-14,17,19H,6-9H2,1-5H3,(H,20,21). The van der Waals surface area contributed by atoms with Crippen LogP contribution in [0.25, 0.3) is 0 Å². The Morgan fingerprint density at radius 3 is 2.55 bits per heavy atom. The van der Waals surface area contributed by atoms with Crippen LogP contribution in [0.2, 0.25) is 0 Å². The highest BCUT2D eigenvalue weighted by Gasteiger charge is 2.25. The average Bonchev–Trinajstić information content (AvgIpc) is 2.80. The number of amides is 1. The van der Waals surface area contributed by atoms with E-state index < -0.39 is 0 Å². The summed E-state index contributed by atoms with van der Waals surface area (Å²) in [5.74, 6) is 0.735. The van der Waals surface area contributed by atoms with Gasteiger partial charge in [-0.3, -0.25) is 10.1 Å². The molecule has 1 saturated carbocycles. The van der Waals surface area contributed by atoms with Crippen molar-refractivity contribution in [3.05, 3.63) is 21.4 Å². The van der Waals surface area contributed by atoms with E-state index in [9.17, 15) is 4.79 Å². The molecule has 3 nitrogen and oxygen atoms in total. The third-order valence-electron chi connectivity index (χ3n) is 4.88. The summed E-state index contributed by atoms with van der Waals surface area (Å²) < 4.78 is 0. The molecule has 2 rings (SSSR count). The lowest BCUT2D eigenvalue weighted by molar-refractivity contribution is -0.124. The predicted octanol–water partition coefficient (Wildman–Crippen LogP) is 4.10. The van der Waals surface area contributed by atoms with Crippen LogP contribution >= 0.6 is 11.3 Å². The molecule has 0 bridgehead atoms. The molecule has 2 N–H and O–H groups in total. The van der Waals surface area contributed by atoms with E-state index in [0.717, 1.165) is 6.42 Å². The van der Waals surface area contributed by atoms with Gasteiger partial charge in [0.2, 0.25) is 5.91 Å². The van der Waals surface area contributed by atoms with E-state index in [1.807, 2.05) is 18.3 Å². The molecule has 4 atom stereocenters. The molecule has 1 aliphatic rings. The van der Waals surface area contributed by atoms with Gasteiger partial charge in [0.25, 0.3) is 0 Å².